The van der Waals surface area contributed by atoms with E-state index in [2.05, 4.69) is 0 Å². The second kappa shape index (κ2) is 5.72. The molecule has 106 valence electrons. The van der Waals surface area contributed by atoms with Crippen molar-refractivity contribution in [3.8, 4) is 0 Å². The van der Waals surface area contributed by atoms with Crippen LogP contribution in [0.1, 0.15) is 15.9 Å². The normalized spacial score (nSPS) is 11.0. The topological polar surface area (TPSA) is 22.0 Å². The molecule has 0 saturated heterocycles. The largest absolute Gasteiger partial charge is 0.342 e. The second-order valence-electron chi connectivity index (χ2n) is 4.73. The molecule has 0 spiro atoms. The standard InChI is InChI=1S/C16H10Cl3NO/c17-12-2-4-15(19)10(5-12)7-20-8-11(9-21)14-3-1-13(18)6-16(14)20/h1-6,8-9H,7H2. The highest BCUT2D eigenvalue weighted by Crippen LogP contribution is 2.27. The summed E-state index contributed by atoms with van der Waals surface area (Å²) < 4.78 is 1.95. The van der Waals surface area contributed by atoms with Crippen molar-refractivity contribution in [1.29, 1.82) is 0 Å². The zero-order valence-electron chi connectivity index (χ0n) is 10.8. The lowest BCUT2D eigenvalue weighted by Crippen LogP contribution is -1.98. The monoisotopic (exact) mass is 337 g/mol. The lowest BCUT2D eigenvalue weighted by molar-refractivity contribution is 0.112. The lowest BCUT2D eigenvalue weighted by Gasteiger charge is -2.08. The first-order valence-electron chi connectivity index (χ1n) is 6.26. The Balaban J connectivity index is 2.14. The number of aromatic nitrogens is 1. The minimum absolute atomic E-state index is 0.518. The molecule has 2 nitrogen and oxygen atoms in total. The van der Waals surface area contributed by atoms with Gasteiger partial charge in [0.05, 0.1) is 5.52 Å². The summed E-state index contributed by atoms with van der Waals surface area (Å²) in [6.45, 7) is 0.518. The van der Waals surface area contributed by atoms with Crippen molar-refractivity contribution >= 4 is 52.0 Å². The van der Waals surface area contributed by atoms with Gasteiger partial charge < -0.3 is 4.57 Å². The van der Waals surface area contributed by atoms with Gasteiger partial charge >= 0.3 is 0 Å². The molecule has 5 heteroatoms. The maximum atomic E-state index is 11.2. The fourth-order valence-electron chi connectivity index (χ4n) is 2.37. The third-order valence-corrected chi connectivity index (χ3v) is 4.19. The molecule has 3 rings (SSSR count). The fraction of sp³-hybridized carbons (Fsp3) is 0.0625. The minimum atomic E-state index is 0.518. The van der Waals surface area contributed by atoms with Gasteiger partial charge in [-0.15, -0.1) is 0 Å². The number of benzene rings is 2. The summed E-state index contributed by atoms with van der Waals surface area (Å²) in [6.07, 6.45) is 2.64. The van der Waals surface area contributed by atoms with Gasteiger partial charge in [0.2, 0.25) is 0 Å². The molecular weight excluding hydrogens is 329 g/mol. The molecule has 0 atom stereocenters. The lowest BCUT2D eigenvalue weighted by atomic mass is 10.2. The van der Waals surface area contributed by atoms with Crippen molar-refractivity contribution in [3.63, 3.8) is 0 Å². The van der Waals surface area contributed by atoms with Gasteiger partial charge in [0.1, 0.15) is 0 Å². The molecule has 0 N–H and O–H groups in total. The number of fused-ring (bicyclic) bond motifs is 1. The molecule has 0 aliphatic heterocycles. The van der Waals surface area contributed by atoms with E-state index in [-0.39, 0.29) is 0 Å². The highest BCUT2D eigenvalue weighted by atomic mass is 35.5. The van der Waals surface area contributed by atoms with Crippen molar-refractivity contribution in [2.75, 3.05) is 0 Å². The van der Waals surface area contributed by atoms with Crippen molar-refractivity contribution in [3.05, 3.63) is 68.8 Å². The molecule has 21 heavy (non-hydrogen) atoms. The second-order valence-corrected chi connectivity index (χ2v) is 6.01. The van der Waals surface area contributed by atoms with Crippen LogP contribution in [0.2, 0.25) is 15.1 Å². The number of carbonyl (C=O) groups excluding carboxylic acids is 1. The number of hydrogen-bond acceptors (Lipinski definition) is 1. The Morgan fingerprint density at radius 3 is 2.48 bits per heavy atom. The summed E-state index contributed by atoms with van der Waals surface area (Å²) >= 11 is 18.3. The van der Waals surface area contributed by atoms with Crippen molar-refractivity contribution in [2.24, 2.45) is 0 Å². The first-order chi connectivity index (χ1) is 10.1. The maximum absolute atomic E-state index is 11.2. The van der Waals surface area contributed by atoms with Crippen LogP contribution in [0.15, 0.2) is 42.6 Å². The molecule has 0 aliphatic rings. The Morgan fingerprint density at radius 1 is 1.00 bits per heavy atom. The van der Waals surface area contributed by atoms with Crippen LogP contribution in [0.5, 0.6) is 0 Å². The van der Waals surface area contributed by atoms with E-state index in [1.165, 1.54) is 0 Å². The molecule has 0 saturated carbocycles. The Kier molecular flexibility index (Phi) is 3.94. The molecule has 0 unspecified atom stereocenters. The molecule has 3 aromatic rings. The molecule has 0 bridgehead atoms. The van der Waals surface area contributed by atoms with Gasteiger partial charge in [-0.1, -0.05) is 40.9 Å². The smallest absolute Gasteiger partial charge is 0.152 e. The van der Waals surface area contributed by atoms with E-state index < -0.39 is 0 Å². The number of aldehydes is 1. The predicted molar refractivity (Wildman–Crippen MR) is 87.9 cm³/mol. The number of carbonyl (C=O) groups is 1. The van der Waals surface area contributed by atoms with E-state index in [1.807, 2.05) is 22.8 Å². The predicted octanol–water partition coefficient (Wildman–Crippen LogP) is 5.46. The Labute approximate surface area is 136 Å². The van der Waals surface area contributed by atoms with Crippen LogP contribution in [-0.4, -0.2) is 10.9 Å². The van der Waals surface area contributed by atoms with Gasteiger partial charge in [0, 0.05) is 38.8 Å². The van der Waals surface area contributed by atoms with Crippen LogP contribution in [0, 0.1) is 0 Å². The Hall–Kier alpha value is -1.48. The summed E-state index contributed by atoms with van der Waals surface area (Å²) in [6, 6.07) is 10.8. The molecular formula is C16H10Cl3NO. The summed E-state index contributed by atoms with van der Waals surface area (Å²) in [5.41, 5.74) is 2.40. The first kappa shape index (κ1) is 14.5. The molecule has 0 radical (unpaired) electrons. The average molecular weight is 339 g/mol. The van der Waals surface area contributed by atoms with Crippen LogP contribution < -0.4 is 0 Å². The molecule has 0 amide bonds. The van der Waals surface area contributed by atoms with E-state index in [1.54, 1.807) is 24.4 Å². The van der Waals surface area contributed by atoms with Crippen LogP contribution in [-0.2, 0) is 6.54 Å². The number of hydrogen-bond donors (Lipinski definition) is 0. The molecule has 0 fully saturated rings. The SMILES string of the molecule is O=Cc1cn(Cc2cc(Cl)ccc2Cl)c2cc(Cl)ccc12. The van der Waals surface area contributed by atoms with Gasteiger partial charge in [0.15, 0.2) is 6.29 Å². The first-order valence-corrected chi connectivity index (χ1v) is 7.39. The summed E-state index contributed by atoms with van der Waals surface area (Å²) in [5, 5.41) is 2.75. The van der Waals surface area contributed by atoms with Crippen LogP contribution in [0.4, 0.5) is 0 Å². The third-order valence-electron chi connectivity index (χ3n) is 3.35. The van der Waals surface area contributed by atoms with Gasteiger partial charge in [-0.05, 0) is 35.9 Å². The van der Waals surface area contributed by atoms with Crippen molar-refractivity contribution in [1.82, 2.24) is 4.57 Å². The van der Waals surface area contributed by atoms with Gasteiger partial charge in [0.25, 0.3) is 0 Å². The Morgan fingerprint density at radius 2 is 1.71 bits per heavy atom. The van der Waals surface area contributed by atoms with Crippen molar-refractivity contribution < 1.29 is 4.79 Å². The zero-order valence-corrected chi connectivity index (χ0v) is 13.1. The average Bonchev–Trinajstić information content (AvgIpc) is 2.80. The van der Waals surface area contributed by atoms with E-state index in [0.717, 1.165) is 22.8 Å². The van der Waals surface area contributed by atoms with E-state index in [9.17, 15) is 4.79 Å². The maximum Gasteiger partial charge on any atom is 0.152 e. The highest BCUT2D eigenvalue weighted by Gasteiger charge is 2.10. The van der Waals surface area contributed by atoms with E-state index in [4.69, 9.17) is 34.8 Å². The van der Waals surface area contributed by atoms with Gasteiger partial charge in [-0.3, -0.25) is 4.79 Å². The quantitative estimate of drug-likeness (QED) is 0.581. The summed E-state index contributed by atoms with van der Waals surface area (Å²) in [7, 11) is 0. The zero-order chi connectivity index (χ0) is 15.0. The van der Waals surface area contributed by atoms with Crippen LogP contribution >= 0.6 is 34.8 Å². The van der Waals surface area contributed by atoms with Crippen molar-refractivity contribution in [2.45, 2.75) is 6.54 Å². The van der Waals surface area contributed by atoms with Gasteiger partial charge in [-0.2, -0.15) is 0 Å². The number of halogens is 3. The minimum Gasteiger partial charge on any atom is -0.342 e. The highest BCUT2D eigenvalue weighted by molar-refractivity contribution is 6.33. The molecule has 1 heterocycles. The summed E-state index contributed by atoms with van der Waals surface area (Å²) in [4.78, 5) is 11.2. The molecule has 2 aromatic carbocycles. The molecule has 1 aromatic heterocycles. The Bertz CT molecular complexity index is 839. The van der Waals surface area contributed by atoms with E-state index in [0.29, 0.717) is 27.2 Å². The van der Waals surface area contributed by atoms with E-state index >= 15 is 0 Å². The number of rotatable bonds is 3. The van der Waals surface area contributed by atoms with Crippen LogP contribution in [0.3, 0.4) is 0 Å². The fourth-order valence-corrected chi connectivity index (χ4v) is 2.90. The number of nitrogens with zero attached hydrogens (tertiary/aromatic N) is 1. The summed E-state index contributed by atoms with van der Waals surface area (Å²) in [5.74, 6) is 0. The third kappa shape index (κ3) is 2.80. The van der Waals surface area contributed by atoms with Gasteiger partial charge in [-0.25, -0.2) is 0 Å². The molecule has 0 aliphatic carbocycles. The van der Waals surface area contributed by atoms with Crippen LogP contribution in [0.25, 0.3) is 10.9 Å².